The number of carbonyl (C=O) groups excluding carboxylic acids is 2. The van der Waals surface area contributed by atoms with Crippen LogP contribution in [0.4, 0.5) is 13.2 Å². The molecule has 10 nitrogen and oxygen atoms in total. The van der Waals surface area contributed by atoms with Crippen LogP contribution in [0.25, 0.3) is 11.1 Å². The van der Waals surface area contributed by atoms with E-state index in [1.165, 1.54) is 0 Å². The molecular weight excluding hydrogens is 603 g/mol. The molecule has 4 rings (SSSR count). The van der Waals surface area contributed by atoms with Gasteiger partial charge in [-0.15, -0.1) is 0 Å². The molecule has 1 N–H and O–H groups in total. The molecule has 0 radical (unpaired) electrons. The van der Waals surface area contributed by atoms with Gasteiger partial charge in [0, 0.05) is 6.42 Å². The Morgan fingerprint density at radius 3 is 2.07 bits per heavy atom. The van der Waals surface area contributed by atoms with Crippen molar-refractivity contribution in [3.05, 3.63) is 108 Å². The minimum Gasteiger partial charge on any atom is -0.481 e. The van der Waals surface area contributed by atoms with E-state index in [9.17, 15) is 31.2 Å². The minimum atomic E-state index is -6.23. The largest absolute Gasteiger partial charge is 0.534 e. The van der Waals surface area contributed by atoms with E-state index in [1.54, 1.807) is 61.5 Å². The molecule has 3 aromatic carbocycles. The maximum Gasteiger partial charge on any atom is 0.534 e. The number of esters is 1. The summed E-state index contributed by atoms with van der Waals surface area (Å²) >= 11 is 0. The number of nitrogens with zero attached hydrogens (tertiary/aromatic N) is 2. The van der Waals surface area contributed by atoms with E-state index in [-0.39, 0.29) is 25.5 Å². The Balaban J connectivity index is 1.75. The van der Waals surface area contributed by atoms with Gasteiger partial charge < -0.3 is 19.0 Å². The monoisotopic (exact) mass is 629 g/mol. The highest BCUT2D eigenvalue weighted by atomic mass is 32.2. The van der Waals surface area contributed by atoms with Gasteiger partial charge >= 0.3 is 21.6 Å². The van der Waals surface area contributed by atoms with Gasteiger partial charge in [-0.05, 0) is 29.2 Å². The van der Waals surface area contributed by atoms with E-state index in [1.807, 2.05) is 30.3 Å². The molecule has 0 saturated carbocycles. The summed E-state index contributed by atoms with van der Waals surface area (Å²) in [6.07, 6.45) is -0.130. The van der Waals surface area contributed by atoms with Crippen LogP contribution in [0.3, 0.4) is 0 Å². The molecule has 0 aliphatic rings. The number of alkyl halides is 3. The van der Waals surface area contributed by atoms with Crippen LogP contribution in [0.2, 0.25) is 0 Å². The first-order valence-electron chi connectivity index (χ1n) is 13.1. The fourth-order valence-electron chi connectivity index (χ4n) is 3.85. The first-order valence-corrected chi connectivity index (χ1v) is 14.5. The van der Waals surface area contributed by atoms with Crippen LogP contribution in [-0.4, -0.2) is 48.9 Å². The van der Waals surface area contributed by atoms with Gasteiger partial charge in [-0.3, -0.25) is 9.59 Å². The lowest BCUT2D eigenvalue weighted by Crippen LogP contribution is -2.32. The highest BCUT2D eigenvalue weighted by Gasteiger charge is 2.49. The van der Waals surface area contributed by atoms with E-state index in [0.717, 1.165) is 11.1 Å². The number of nitrogens with one attached hydrogen (secondary N) is 1. The standard InChI is InChI=1S/C30H26F3N3O7S/c1-2-41-25(37)18-34-28(38)26-27(42-19-21-9-5-3-6-10-21)29(43-44(39,40)30(31,32)33)36-24(35-26)17-20-13-15-23(16-14-20)22-11-7-4-8-12-22/h3-16H,2,17-19H2,1H3,(H,34,38). The van der Waals surface area contributed by atoms with Gasteiger partial charge in [0.25, 0.3) is 11.8 Å². The average Bonchev–Trinajstić information content (AvgIpc) is 3.00. The van der Waals surface area contributed by atoms with Crippen molar-refractivity contribution in [2.24, 2.45) is 0 Å². The molecule has 44 heavy (non-hydrogen) atoms. The summed E-state index contributed by atoms with van der Waals surface area (Å²) < 4.78 is 78.9. The zero-order chi connectivity index (χ0) is 31.7. The second-order valence-electron chi connectivity index (χ2n) is 9.11. The van der Waals surface area contributed by atoms with E-state index >= 15 is 0 Å². The molecule has 4 aromatic rings. The van der Waals surface area contributed by atoms with E-state index in [2.05, 4.69) is 19.5 Å². The highest BCUT2D eigenvalue weighted by molar-refractivity contribution is 7.88. The molecule has 1 amide bonds. The van der Waals surface area contributed by atoms with Crippen molar-refractivity contribution in [3.8, 4) is 22.8 Å². The van der Waals surface area contributed by atoms with Crippen LogP contribution in [0.5, 0.6) is 11.6 Å². The van der Waals surface area contributed by atoms with E-state index < -0.39 is 51.4 Å². The topological polar surface area (TPSA) is 134 Å². The van der Waals surface area contributed by atoms with Crippen LogP contribution in [-0.2, 0) is 32.7 Å². The molecule has 0 atom stereocenters. The predicted molar refractivity (Wildman–Crippen MR) is 152 cm³/mol. The number of hydrogen-bond donors (Lipinski definition) is 1. The average molecular weight is 630 g/mol. The van der Waals surface area contributed by atoms with Crippen LogP contribution in [0, 0.1) is 0 Å². The second-order valence-corrected chi connectivity index (χ2v) is 10.6. The zero-order valence-corrected chi connectivity index (χ0v) is 24.0. The highest BCUT2D eigenvalue weighted by Crippen LogP contribution is 2.35. The number of ether oxygens (including phenoxy) is 2. The third-order valence-electron chi connectivity index (χ3n) is 5.92. The van der Waals surface area contributed by atoms with Gasteiger partial charge in [-0.25, -0.2) is 4.98 Å². The summed E-state index contributed by atoms with van der Waals surface area (Å²) in [5.74, 6) is -4.04. The Bertz CT molecular complexity index is 1700. The summed E-state index contributed by atoms with van der Waals surface area (Å²) in [4.78, 5) is 33.1. The third kappa shape index (κ3) is 8.31. The molecular formula is C30H26F3N3O7S. The SMILES string of the molecule is CCOC(=O)CNC(=O)c1nc(Cc2ccc(-c3ccccc3)cc2)nc(OS(=O)(=O)C(F)(F)F)c1OCc1ccccc1. The van der Waals surface area contributed by atoms with Gasteiger partial charge in [0.15, 0.2) is 5.69 Å². The molecule has 1 aromatic heterocycles. The lowest BCUT2D eigenvalue weighted by Gasteiger charge is -2.17. The fraction of sp³-hybridized carbons (Fsp3) is 0.200. The van der Waals surface area contributed by atoms with Crippen molar-refractivity contribution < 1.29 is 44.8 Å². The summed E-state index contributed by atoms with van der Waals surface area (Å²) in [5, 5.41) is 2.25. The van der Waals surface area contributed by atoms with Gasteiger partial charge in [0.2, 0.25) is 5.75 Å². The Morgan fingerprint density at radius 1 is 0.841 bits per heavy atom. The number of amides is 1. The smallest absolute Gasteiger partial charge is 0.481 e. The number of halogens is 3. The number of hydrogen-bond acceptors (Lipinski definition) is 9. The van der Waals surface area contributed by atoms with Crippen molar-refractivity contribution in [1.82, 2.24) is 15.3 Å². The zero-order valence-electron chi connectivity index (χ0n) is 23.2. The molecule has 0 unspecified atom stereocenters. The number of aromatic nitrogens is 2. The number of carbonyl (C=O) groups is 2. The first-order chi connectivity index (χ1) is 21.0. The van der Waals surface area contributed by atoms with Crippen molar-refractivity contribution >= 4 is 22.0 Å². The molecule has 0 aliphatic heterocycles. The Kier molecular flexibility index (Phi) is 10.2. The fourth-order valence-corrected chi connectivity index (χ4v) is 4.27. The molecule has 230 valence electrons. The van der Waals surface area contributed by atoms with Crippen molar-refractivity contribution in [2.45, 2.75) is 25.5 Å². The minimum absolute atomic E-state index is 0.0359. The van der Waals surface area contributed by atoms with Crippen LogP contribution in [0.15, 0.2) is 84.9 Å². The number of benzene rings is 3. The lowest BCUT2D eigenvalue weighted by molar-refractivity contribution is -0.141. The molecule has 0 fully saturated rings. The van der Waals surface area contributed by atoms with Crippen LogP contribution < -0.4 is 14.2 Å². The molecule has 0 saturated heterocycles. The van der Waals surface area contributed by atoms with Crippen molar-refractivity contribution in [2.75, 3.05) is 13.2 Å². The third-order valence-corrected chi connectivity index (χ3v) is 6.86. The molecule has 14 heteroatoms. The van der Waals surface area contributed by atoms with E-state index in [4.69, 9.17) is 9.47 Å². The van der Waals surface area contributed by atoms with Gasteiger partial charge in [-0.2, -0.15) is 26.6 Å². The van der Waals surface area contributed by atoms with Gasteiger partial charge in [0.05, 0.1) is 6.61 Å². The van der Waals surface area contributed by atoms with E-state index in [0.29, 0.717) is 11.1 Å². The van der Waals surface area contributed by atoms with Gasteiger partial charge in [-0.1, -0.05) is 84.9 Å². The summed E-state index contributed by atoms with van der Waals surface area (Å²) in [6, 6.07) is 24.8. The normalized spacial score (nSPS) is 11.5. The predicted octanol–water partition coefficient (Wildman–Crippen LogP) is 4.83. The molecule has 0 spiro atoms. The Morgan fingerprint density at radius 2 is 1.45 bits per heavy atom. The summed E-state index contributed by atoms with van der Waals surface area (Å²) in [6.45, 7) is 0.671. The van der Waals surface area contributed by atoms with Crippen LogP contribution >= 0.6 is 0 Å². The molecule has 1 heterocycles. The first kappa shape index (κ1) is 31.9. The lowest BCUT2D eigenvalue weighted by atomic mass is 10.0. The van der Waals surface area contributed by atoms with Gasteiger partial charge in [0.1, 0.15) is 19.0 Å². The maximum atomic E-state index is 13.3. The Labute approximate surface area is 251 Å². The Hall–Kier alpha value is -4.98. The summed E-state index contributed by atoms with van der Waals surface area (Å²) in [5.41, 5.74) is -3.51. The maximum absolute atomic E-state index is 13.3. The van der Waals surface area contributed by atoms with Crippen molar-refractivity contribution in [3.63, 3.8) is 0 Å². The van der Waals surface area contributed by atoms with Crippen molar-refractivity contribution in [1.29, 1.82) is 0 Å². The molecule has 0 bridgehead atoms. The quantitative estimate of drug-likeness (QED) is 0.133. The second kappa shape index (κ2) is 14.0. The molecule has 0 aliphatic carbocycles. The number of rotatable bonds is 12. The summed E-state index contributed by atoms with van der Waals surface area (Å²) in [7, 11) is -6.23. The van der Waals surface area contributed by atoms with Crippen LogP contribution in [0.1, 0.15) is 34.4 Å².